The van der Waals surface area contributed by atoms with Crippen LogP contribution >= 0.6 is 0 Å². The van der Waals surface area contributed by atoms with Gasteiger partial charge in [-0.2, -0.15) is 0 Å². The lowest BCUT2D eigenvalue weighted by Gasteiger charge is -2.35. The molecule has 3 nitrogen and oxygen atoms in total. The highest BCUT2D eigenvalue weighted by atomic mass is 16.5. The van der Waals surface area contributed by atoms with E-state index in [2.05, 4.69) is 36.9 Å². The molecule has 24 heavy (non-hydrogen) atoms. The Morgan fingerprint density at radius 2 is 1.67 bits per heavy atom. The molecule has 3 rings (SSSR count). The van der Waals surface area contributed by atoms with Crippen molar-refractivity contribution in [2.45, 2.75) is 38.9 Å². The van der Waals surface area contributed by atoms with Crippen molar-refractivity contribution in [3.05, 3.63) is 60.2 Å². The molecular weight excluding hydrogens is 298 g/mol. The van der Waals surface area contributed by atoms with Gasteiger partial charge in [0.15, 0.2) is 0 Å². The molecule has 1 heterocycles. The van der Waals surface area contributed by atoms with Crippen LogP contribution in [-0.2, 0) is 11.2 Å². The Bertz CT molecular complexity index is 619. The van der Waals surface area contributed by atoms with E-state index in [4.69, 9.17) is 9.47 Å². The zero-order chi connectivity index (χ0) is 16.8. The first-order chi connectivity index (χ1) is 11.7. The van der Waals surface area contributed by atoms with Crippen molar-refractivity contribution >= 4 is 0 Å². The monoisotopic (exact) mass is 325 g/mol. The number of rotatable bonds is 6. The molecule has 0 unspecified atom stereocenters. The van der Waals surface area contributed by atoms with Gasteiger partial charge >= 0.3 is 0 Å². The summed E-state index contributed by atoms with van der Waals surface area (Å²) in [5, 5.41) is 0. The van der Waals surface area contributed by atoms with Crippen molar-refractivity contribution in [1.29, 1.82) is 0 Å². The van der Waals surface area contributed by atoms with Gasteiger partial charge in [-0.25, -0.2) is 0 Å². The maximum Gasteiger partial charge on any atom is 0.127 e. The third kappa shape index (κ3) is 5.08. The molecule has 2 aromatic carbocycles. The second-order valence-electron chi connectivity index (χ2n) is 6.68. The van der Waals surface area contributed by atoms with E-state index in [0.717, 1.165) is 44.0 Å². The molecule has 1 aliphatic heterocycles. The highest BCUT2D eigenvalue weighted by Gasteiger charge is 2.21. The van der Waals surface area contributed by atoms with Gasteiger partial charge in [0.1, 0.15) is 11.5 Å². The van der Waals surface area contributed by atoms with E-state index in [1.54, 1.807) is 0 Å². The van der Waals surface area contributed by atoms with Crippen LogP contribution in [0, 0.1) is 0 Å². The van der Waals surface area contributed by atoms with Gasteiger partial charge in [-0.1, -0.05) is 30.3 Å². The predicted molar refractivity (Wildman–Crippen MR) is 97.7 cm³/mol. The van der Waals surface area contributed by atoms with Crippen molar-refractivity contribution in [2.75, 3.05) is 19.6 Å². The van der Waals surface area contributed by atoms with Crippen LogP contribution in [0.25, 0.3) is 0 Å². The van der Waals surface area contributed by atoms with Crippen LogP contribution < -0.4 is 4.74 Å². The average Bonchev–Trinajstić information content (AvgIpc) is 2.55. The Morgan fingerprint density at radius 1 is 0.958 bits per heavy atom. The number of morpholine rings is 1. The summed E-state index contributed by atoms with van der Waals surface area (Å²) >= 11 is 0. The second kappa shape index (κ2) is 8.32. The number of ether oxygens (including phenoxy) is 2. The number of hydrogen-bond donors (Lipinski definition) is 0. The van der Waals surface area contributed by atoms with E-state index in [-0.39, 0.29) is 0 Å². The first kappa shape index (κ1) is 17.0. The van der Waals surface area contributed by atoms with E-state index in [9.17, 15) is 0 Å². The molecule has 1 saturated heterocycles. The summed E-state index contributed by atoms with van der Waals surface area (Å²) in [6.45, 7) is 7.53. The minimum atomic E-state index is 0.344. The van der Waals surface area contributed by atoms with E-state index in [1.165, 1.54) is 5.56 Å². The third-order valence-electron chi connectivity index (χ3n) is 4.31. The minimum absolute atomic E-state index is 0.344. The van der Waals surface area contributed by atoms with Crippen LogP contribution in [0.1, 0.15) is 25.8 Å². The lowest BCUT2D eigenvalue weighted by atomic mass is 10.1. The van der Waals surface area contributed by atoms with Gasteiger partial charge in [0.05, 0.1) is 12.2 Å². The molecule has 1 fully saturated rings. The van der Waals surface area contributed by atoms with E-state index >= 15 is 0 Å². The van der Waals surface area contributed by atoms with E-state index < -0.39 is 0 Å². The number of aryl methyl sites for hydroxylation is 1. The van der Waals surface area contributed by atoms with Gasteiger partial charge < -0.3 is 9.47 Å². The Hall–Kier alpha value is -1.84. The number of nitrogens with zero attached hydrogens (tertiary/aromatic N) is 1. The molecule has 0 aromatic heterocycles. The molecule has 0 amide bonds. The summed E-state index contributed by atoms with van der Waals surface area (Å²) in [5.74, 6) is 1.79. The molecular formula is C21H27NO2. The summed E-state index contributed by atoms with van der Waals surface area (Å²) < 4.78 is 11.7. The number of benzene rings is 2. The molecule has 128 valence electrons. The Labute approximate surface area is 145 Å². The smallest absolute Gasteiger partial charge is 0.127 e. The topological polar surface area (TPSA) is 21.7 Å². The molecule has 2 aromatic rings. The van der Waals surface area contributed by atoms with Crippen molar-refractivity contribution < 1.29 is 9.47 Å². The molecule has 0 bridgehead atoms. The fourth-order valence-corrected chi connectivity index (χ4v) is 3.36. The van der Waals surface area contributed by atoms with Crippen molar-refractivity contribution in [3.63, 3.8) is 0 Å². The Morgan fingerprint density at radius 3 is 2.42 bits per heavy atom. The molecule has 0 saturated carbocycles. The van der Waals surface area contributed by atoms with Gasteiger partial charge in [0.2, 0.25) is 0 Å². The first-order valence-electron chi connectivity index (χ1n) is 8.89. The summed E-state index contributed by atoms with van der Waals surface area (Å²) in [6, 6.07) is 18.4. The largest absolute Gasteiger partial charge is 0.457 e. The maximum absolute atomic E-state index is 5.92. The average molecular weight is 325 g/mol. The molecule has 0 spiro atoms. The van der Waals surface area contributed by atoms with E-state index in [1.807, 2.05) is 36.4 Å². The zero-order valence-corrected chi connectivity index (χ0v) is 14.7. The van der Waals surface area contributed by atoms with Crippen LogP contribution in [0.3, 0.4) is 0 Å². The van der Waals surface area contributed by atoms with Crippen molar-refractivity contribution in [1.82, 2.24) is 4.90 Å². The second-order valence-corrected chi connectivity index (χ2v) is 6.68. The lowest BCUT2D eigenvalue weighted by molar-refractivity contribution is -0.0680. The molecule has 0 aliphatic carbocycles. The maximum atomic E-state index is 5.92. The fourth-order valence-electron chi connectivity index (χ4n) is 3.36. The molecule has 1 aliphatic rings. The van der Waals surface area contributed by atoms with Crippen LogP contribution in [-0.4, -0.2) is 36.7 Å². The first-order valence-corrected chi connectivity index (χ1v) is 8.89. The summed E-state index contributed by atoms with van der Waals surface area (Å²) in [4.78, 5) is 2.52. The highest BCUT2D eigenvalue weighted by molar-refractivity contribution is 5.33. The van der Waals surface area contributed by atoms with Gasteiger partial charge in [0.25, 0.3) is 0 Å². The SMILES string of the molecule is C[C@H]1CN(CCCc2cccc(Oc3ccccc3)c2)C[C@H](C)O1. The van der Waals surface area contributed by atoms with Crippen LogP contribution in [0.5, 0.6) is 11.5 Å². The molecule has 2 atom stereocenters. The van der Waals surface area contributed by atoms with Gasteiger partial charge in [-0.05, 0) is 63.1 Å². The Balaban J connectivity index is 1.50. The third-order valence-corrected chi connectivity index (χ3v) is 4.31. The number of hydrogen-bond acceptors (Lipinski definition) is 3. The zero-order valence-electron chi connectivity index (χ0n) is 14.7. The Kier molecular flexibility index (Phi) is 5.89. The van der Waals surface area contributed by atoms with E-state index in [0.29, 0.717) is 12.2 Å². The number of para-hydroxylation sites is 1. The normalized spacial score (nSPS) is 21.6. The van der Waals surface area contributed by atoms with Crippen molar-refractivity contribution in [2.24, 2.45) is 0 Å². The molecule has 0 radical (unpaired) electrons. The minimum Gasteiger partial charge on any atom is -0.457 e. The van der Waals surface area contributed by atoms with Gasteiger partial charge in [0, 0.05) is 13.1 Å². The quantitative estimate of drug-likeness (QED) is 0.779. The van der Waals surface area contributed by atoms with Crippen LogP contribution in [0.2, 0.25) is 0 Å². The van der Waals surface area contributed by atoms with Crippen LogP contribution in [0.15, 0.2) is 54.6 Å². The van der Waals surface area contributed by atoms with Gasteiger partial charge in [-0.3, -0.25) is 4.90 Å². The highest BCUT2D eigenvalue weighted by Crippen LogP contribution is 2.22. The standard InChI is InChI=1S/C21H27NO2/c1-17-15-22(16-18(2)23-17)13-7-9-19-8-6-12-21(14-19)24-20-10-4-3-5-11-20/h3-6,8,10-12,14,17-18H,7,9,13,15-16H2,1-2H3/t17-,18-/m0/s1. The fraction of sp³-hybridized carbons (Fsp3) is 0.429. The van der Waals surface area contributed by atoms with Crippen LogP contribution in [0.4, 0.5) is 0 Å². The summed E-state index contributed by atoms with van der Waals surface area (Å²) in [5.41, 5.74) is 1.33. The molecule has 3 heteroatoms. The molecule has 0 N–H and O–H groups in total. The summed E-state index contributed by atoms with van der Waals surface area (Å²) in [7, 11) is 0. The van der Waals surface area contributed by atoms with Crippen molar-refractivity contribution in [3.8, 4) is 11.5 Å². The summed E-state index contributed by atoms with van der Waals surface area (Å²) in [6.07, 6.45) is 2.92. The van der Waals surface area contributed by atoms with Gasteiger partial charge in [-0.15, -0.1) is 0 Å². The lowest BCUT2D eigenvalue weighted by Crippen LogP contribution is -2.45. The predicted octanol–water partition coefficient (Wildman–Crippen LogP) is 4.52.